The summed E-state index contributed by atoms with van der Waals surface area (Å²) >= 11 is 1.80. The van der Waals surface area contributed by atoms with E-state index in [0.717, 1.165) is 71.6 Å². The van der Waals surface area contributed by atoms with Crippen molar-refractivity contribution < 1.29 is 4.42 Å². The first-order chi connectivity index (χ1) is 22.3. The zero-order valence-electron chi connectivity index (χ0n) is 23.8. The molecule has 0 saturated heterocycles. The first-order valence-corrected chi connectivity index (χ1v) is 15.7. The quantitative estimate of drug-likeness (QED) is 0.204. The zero-order valence-corrected chi connectivity index (χ0v) is 24.6. The molecule has 0 spiro atoms. The monoisotopic (exact) mass is 594 g/mol. The van der Waals surface area contributed by atoms with E-state index in [0.29, 0.717) is 5.95 Å². The lowest BCUT2D eigenvalue weighted by atomic mass is 10.0. The number of pyridine rings is 1. The third kappa shape index (κ3) is 3.51. The van der Waals surface area contributed by atoms with Gasteiger partial charge in [-0.1, -0.05) is 97.1 Å². The maximum absolute atomic E-state index is 6.75. The normalized spacial score (nSPS) is 12.0. The average Bonchev–Trinajstić information content (AvgIpc) is 3.78. The van der Waals surface area contributed by atoms with Crippen LogP contribution in [0, 0.1) is 0 Å². The molecule has 0 amide bonds. The largest absolute Gasteiger partial charge is 0.455 e. The van der Waals surface area contributed by atoms with Crippen molar-refractivity contribution in [3.05, 3.63) is 134 Å². The molecular formula is C39H22N4OS. The van der Waals surface area contributed by atoms with Crippen LogP contribution in [0.25, 0.3) is 92.4 Å². The molecular weight excluding hydrogens is 573 g/mol. The number of nitrogens with zero attached hydrogens (tertiary/aromatic N) is 4. The molecule has 6 heteroatoms. The van der Waals surface area contributed by atoms with Crippen molar-refractivity contribution in [3.8, 4) is 28.5 Å². The number of hydrogen-bond donors (Lipinski definition) is 0. The number of para-hydroxylation sites is 1. The molecule has 0 aliphatic carbocycles. The predicted octanol–water partition coefficient (Wildman–Crippen LogP) is 10.6. The van der Waals surface area contributed by atoms with Crippen molar-refractivity contribution in [1.29, 1.82) is 0 Å². The van der Waals surface area contributed by atoms with E-state index in [4.69, 9.17) is 14.4 Å². The van der Waals surface area contributed by atoms with Crippen LogP contribution in [0.3, 0.4) is 0 Å². The molecule has 10 aromatic rings. The Morgan fingerprint density at radius 1 is 0.600 bits per heavy atom. The van der Waals surface area contributed by atoms with Crippen LogP contribution in [0.1, 0.15) is 0 Å². The van der Waals surface area contributed by atoms with Gasteiger partial charge in [0, 0.05) is 53.7 Å². The zero-order chi connectivity index (χ0) is 29.5. The third-order valence-electron chi connectivity index (χ3n) is 8.71. The predicted molar refractivity (Wildman–Crippen MR) is 185 cm³/mol. The Hall–Kier alpha value is -5.85. The lowest BCUT2D eigenvalue weighted by Crippen LogP contribution is -2.04. The topological polar surface area (TPSA) is 56.7 Å². The number of aromatic nitrogens is 4. The summed E-state index contributed by atoms with van der Waals surface area (Å²) in [7, 11) is 0. The summed E-state index contributed by atoms with van der Waals surface area (Å²) in [6.07, 6.45) is 3.81. The highest BCUT2D eigenvalue weighted by Crippen LogP contribution is 2.50. The highest BCUT2D eigenvalue weighted by molar-refractivity contribution is 7.27. The number of benzene rings is 5. The van der Waals surface area contributed by atoms with Gasteiger partial charge < -0.3 is 4.42 Å². The van der Waals surface area contributed by atoms with Crippen LogP contribution in [0.5, 0.6) is 0 Å². The third-order valence-corrected chi connectivity index (χ3v) is 9.89. The van der Waals surface area contributed by atoms with Crippen LogP contribution in [0.4, 0.5) is 0 Å². The minimum Gasteiger partial charge on any atom is -0.455 e. The van der Waals surface area contributed by atoms with Gasteiger partial charge in [-0.3, -0.25) is 9.55 Å². The molecule has 10 rings (SSSR count). The molecule has 0 saturated carbocycles. The molecule has 5 aromatic carbocycles. The molecule has 0 fully saturated rings. The number of fused-ring (bicyclic) bond motifs is 12. The number of furan rings is 1. The SMILES string of the molecule is c1ccc(-c2cc(-c3ccccc3)nc(-n3c4cnccc4c4c5sc6ccccc6c5c5oc6ccccc6c5c43)n2)cc1. The van der Waals surface area contributed by atoms with Crippen molar-refractivity contribution in [2.24, 2.45) is 0 Å². The minimum absolute atomic E-state index is 0.593. The number of rotatable bonds is 3. The summed E-state index contributed by atoms with van der Waals surface area (Å²) in [5.41, 5.74) is 7.50. The van der Waals surface area contributed by atoms with Crippen LogP contribution in [0.15, 0.2) is 138 Å². The van der Waals surface area contributed by atoms with Gasteiger partial charge in [-0.25, -0.2) is 9.97 Å². The van der Waals surface area contributed by atoms with Gasteiger partial charge in [0.15, 0.2) is 0 Å². The molecule has 0 radical (unpaired) electrons. The van der Waals surface area contributed by atoms with Gasteiger partial charge in [-0.15, -0.1) is 11.3 Å². The first-order valence-electron chi connectivity index (χ1n) is 14.9. The highest BCUT2D eigenvalue weighted by atomic mass is 32.1. The maximum Gasteiger partial charge on any atom is 0.235 e. The summed E-state index contributed by atoms with van der Waals surface area (Å²) < 4.78 is 11.4. The summed E-state index contributed by atoms with van der Waals surface area (Å²) in [4.78, 5) is 15.1. The van der Waals surface area contributed by atoms with Crippen molar-refractivity contribution in [1.82, 2.24) is 19.5 Å². The molecule has 0 N–H and O–H groups in total. The minimum atomic E-state index is 0.593. The van der Waals surface area contributed by atoms with E-state index < -0.39 is 0 Å². The smallest absolute Gasteiger partial charge is 0.235 e. The molecule has 0 bridgehead atoms. The van der Waals surface area contributed by atoms with Gasteiger partial charge in [-0.05, 0) is 24.3 Å². The second-order valence-corrected chi connectivity index (χ2v) is 12.3. The van der Waals surface area contributed by atoms with Crippen molar-refractivity contribution >= 4 is 75.3 Å². The molecule has 210 valence electrons. The van der Waals surface area contributed by atoms with Gasteiger partial charge in [0.25, 0.3) is 0 Å². The summed E-state index contributed by atoms with van der Waals surface area (Å²) in [5.74, 6) is 0.593. The Labute approximate surface area is 260 Å². The standard InChI is InChI=1S/C39H22N4OS/c1-3-11-23(12-4-1)28-21-29(24-13-5-2-6-14-24)42-39(41-28)43-30-22-40-20-19-25(30)34-36(43)33-26-15-7-9-17-31(26)44-37(33)35-27-16-8-10-18-32(27)45-38(34)35/h1-22H. The average molecular weight is 595 g/mol. The van der Waals surface area contributed by atoms with Crippen LogP contribution in [0.2, 0.25) is 0 Å². The van der Waals surface area contributed by atoms with Crippen LogP contribution < -0.4 is 0 Å². The molecule has 5 nitrogen and oxygen atoms in total. The summed E-state index contributed by atoms with van der Waals surface area (Å²) in [6, 6.07) is 41.7. The van der Waals surface area contributed by atoms with Crippen molar-refractivity contribution in [2.45, 2.75) is 0 Å². The lowest BCUT2D eigenvalue weighted by Gasteiger charge is -2.12. The molecule has 0 atom stereocenters. The fourth-order valence-electron chi connectivity index (χ4n) is 6.76. The molecule has 0 aliphatic heterocycles. The fourth-order valence-corrected chi connectivity index (χ4v) is 8.02. The second-order valence-electron chi connectivity index (χ2n) is 11.2. The van der Waals surface area contributed by atoms with Gasteiger partial charge >= 0.3 is 0 Å². The Bertz CT molecular complexity index is 2670. The number of hydrogen-bond acceptors (Lipinski definition) is 5. The summed E-state index contributed by atoms with van der Waals surface area (Å²) in [6.45, 7) is 0. The van der Waals surface area contributed by atoms with Gasteiger partial charge in [0.05, 0.1) is 34.0 Å². The Balaban J connectivity index is 1.45. The van der Waals surface area contributed by atoms with Crippen LogP contribution >= 0.6 is 11.3 Å². The molecule has 5 heterocycles. The van der Waals surface area contributed by atoms with Gasteiger partial charge in [0.2, 0.25) is 5.95 Å². The Morgan fingerprint density at radius 2 is 1.27 bits per heavy atom. The maximum atomic E-state index is 6.75. The molecule has 5 aromatic heterocycles. The van der Waals surface area contributed by atoms with Gasteiger partial charge in [-0.2, -0.15) is 0 Å². The van der Waals surface area contributed by atoms with Crippen LogP contribution in [-0.4, -0.2) is 19.5 Å². The van der Waals surface area contributed by atoms with E-state index in [1.807, 2.05) is 54.9 Å². The van der Waals surface area contributed by atoms with Gasteiger partial charge in [0.1, 0.15) is 11.2 Å². The van der Waals surface area contributed by atoms with E-state index in [9.17, 15) is 0 Å². The summed E-state index contributed by atoms with van der Waals surface area (Å²) in [5, 5.41) is 6.74. The van der Waals surface area contributed by atoms with Crippen molar-refractivity contribution in [3.63, 3.8) is 0 Å². The van der Waals surface area contributed by atoms with Crippen molar-refractivity contribution in [2.75, 3.05) is 0 Å². The molecule has 0 aliphatic rings. The van der Waals surface area contributed by atoms with E-state index in [2.05, 4.69) is 88.4 Å². The van der Waals surface area contributed by atoms with E-state index in [-0.39, 0.29) is 0 Å². The lowest BCUT2D eigenvalue weighted by molar-refractivity contribution is 0.673. The van der Waals surface area contributed by atoms with Crippen LogP contribution in [-0.2, 0) is 0 Å². The molecule has 45 heavy (non-hydrogen) atoms. The number of thiophene rings is 1. The second kappa shape index (κ2) is 9.32. The Kier molecular flexibility index (Phi) is 5.09. The van der Waals surface area contributed by atoms with E-state index in [1.165, 1.54) is 14.8 Å². The Morgan fingerprint density at radius 3 is 2.02 bits per heavy atom. The molecule has 0 unspecified atom stereocenters. The highest BCUT2D eigenvalue weighted by Gasteiger charge is 2.26. The fraction of sp³-hybridized carbons (Fsp3) is 0. The first kappa shape index (κ1) is 24.6. The van der Waals surface area contributed by atoms with E-state index >= 15 is 0 Å². The van der Waals surface area contributed by atoms with E-state index in [1.54, 1.807) is 11.3 Å².